The first-order chi connectivity index (χ1) is 14.8. The minimum Gasteiger partial charge on any atom is -0.496 e. The number of carboxylic acids is 1. The van der Waals surface area contributed by atoms with Gasteiger partial charge in [0.15, 0.2) is 5.17 Å². The fraction of sp³-hybridized carbons (Fsp3) is 0.273. The maximum atomic E-state index is 11.7. The lowest BCUT2D eigenvalue weighted by Gasteiger charge is -2.12. The molecule has 31 heavy (non-hydrogen) atoms. The van der Waals surface area contributed by atoms with Crippen molar-refractivity contribution in [3.05, 3.63) is 58.7 Å². The van der Waals surface area contributed by atoms with Crippen molar-refractivity contribution in [2.75, 3.05) is 7.11 Å². The molecule has 3 rings (SSSR count). The van der Waals surface area contributed by atoms with Crippen LogP contribution in [0.4, 0.5) is 0 Å². The van der Waals surface area contributed by atoms with Crippen molar-refractivity contribution < 1.29 is 24.2 Å². The van der Waals surface area contributed by atoms with Crippen LogP contribution in [0.1, 0.15) is 28.7 Å². The molecule has 0 aliphatic carbocycles. The van der Waals surface area contributed by atoms with E-state index in [-0.39, 0.29) is 17.5 Å². The summed E-state index contributed by atoms with van der Waals surface area (Å²) in [5.74, 6) is 0.0701. The zero-order valence-corrected chi connectivity index (χ0v) is 18.2. The number of methoxy groups -OCH3 is 1. The summed E-state index contributed by atoms with van der Waals surface area (Å²) < 4.78 is 11.4. The van der Waals surface area contributed by atoms with E-state index in [4.69, 9.17) is 14.6 Å². The first-order valence-electron chi connectivity index (χ1n) is 9.52. The minimum atomic E-state index is -1.04. The number of carboxylic acid groups (broad SMARTS) is 1. The molecule has 0 bridgehead atoms. The van der Waals surface area contributed by atoms with Crippen molar-refractivity contribution in [1.82, 2.24) is 5.32 Å². The van der Waals surface area contributed by atoms with Gasteiger partial charge in [-0.3, -0.25) is 9.59 Å². The number of amidine groups is 1. The zero-order valence-electron chi connectivity index (χ0n) is 17.4. The first-order valence-corrected chi connectivity index (χ1v) is 10.4. The summed E-state index contributed by atoms with van der Waals surface area (Å²) >= 11 is 1.05. The maximum absolute atomic E-state index is 11.7. The van der Waals surface area contributed by atoms with Gasteiger partial charge in [-0.1, -0.05) is 17.8 Å². The smallest absolute Gasteiger partial charge is 0.305 e. The third-order valence-electron chi connectivity index (χ3n) is 4.39. The highest BCUT2D eigenvalue weighted by atomic mass is 32.2. The number of carbonyl (C=O) groups excluding carboxylic acids is 1. The van der Waals surface area contributed by atoms with Gasteiger partial charge in [0.1, 0.15) is 23.4 Å². The van der Waals surface area contributed by atoms with Gasteiger partial charge in [0.2, 0.25) is 5.91 Å². The van der Waals surface area contributed by atoms with Crippen molar-refractivity contribution in [2.45, 2.75) is 32.1 Å². The molecule has 1 heterocycles. The molecule has 0 radical (unpaired) electrons. The molecule has 2 N–H and O–H groups in total. The standard InChI is InChI=1S/C22H23N3O5S/c1-13-6-14(2)8-17(7-13)30-12-16-9-15(4-5-18(16)29-3)11-23-25-22-24-21(28)19(31-22)10-20(26)27/h4-9,11,19H,10,12H2,1-3H3,(H,26,27)(H,24,25,28). The number of amides is 1. The van der Waals surface area contributed by atoms with E-state index in [0.29, 0.717) is 12.4 Å². The fourth-order valence-corrected chi connectivity index (χ4v) is 3.98. The number of aliphatic carboxylic acids is 1. The summed E-state index contributed by atoms with van der Waals surface area (Å²) in [6, 6.07) is 11.6. The Bertz CT molecular complexity index is 1030. The molecule has 0 aromatic heterocycles. The Morgan fingerprint density at radius 2 is 1.97 bits per heavy atom. The van der Waals surface area contributed by atoms with E-state index < -0.39 is 11.2 Å². The van der Waals surface area contributed by atoms with Gasteiger partial charge in [-0.05, 0) is 60.9 Å². The zero-order chi connectivity index (χ0) is 22.4. The Hall–Kier alpha value is -3.33. The lowest BCUT2D eigenvalue weighted by molar-refractivity contribution is -0.138. The van der Waals surface area contributed by atoms with Crippen LogP contribution in [-0.2, 0) is 16.2 Å². The highest BCUT2D eigenvalue weighted by Crippen LogP contribution is 2.24. The number of hydrogen-bond donors (Lipinski definition) is 2. The van der Waals surface area contributed by atoms with Gasteiger partial charge in [-0.25, -0.2) is 0 Å². The number of aryl methyl sites for hydroxylation is 2. The Labute approximate surface area is 184 Å². The molecular formula is C22H23N3O5S. The second-order valence-electron chi connectivity index (χ2n) is 7.03. The van der Waals surface area contributed by atoms with Crippen molar-refractivity contribution >= 4 is 35.0 Å². The minimum absolute atomic E-state index is 0.262. The third kappa shape index (κ3) is 6.32. The fourth-order valence-electron chi connectivity index (χ4n) is 3.06. The number of hydrogen-bond acceptors (Lipinski definition) is 7. The van der Waals surface area contributed by atoms with Crippen LogP contribution in [0.5, 0.6) is 11.5 Å². The monoisotopic (exact) mass is 441 g/mol. The number of rotatable bonds is 8. The predicted molar refractivity (Wildman–Crippen MR) is 120 cm³/mol. The molecule has 1 fully saturated rings. The second kappa shape index (κ2) is 10.1. The van der Waals surface area contributed by atoms with Gasteiger partial charge < -0.3 is 19.9 Å². The maximum Gasteiger partial charge on any atom is 0.305 e. The van der Waals surface area contributed by atoms with Crippen LogP contribution in [0.25, 0.3) is 0 Å². The molecule has 2 aromatic rings. The van der Waals surface area contributed by atoms with E-state index >= 15 is 0 Å². The predicted octanol–water partition coefficient (Wildman–Crippen LogP) is 3.29. The topological polar surface area (TPSA) is 110 Å². The van der Waals surface area contributed by atoms with Gasteiger partial charge in [0.25, 0.3) is 0 Å². The van der Waals surface area contributed by atoms with Crippen LogP contribution in [0.3, 0.4) is 0 Å². The van der Waals surface area contributed by atoms with Gasteiger partial charge in [0, 0.05) is 5.56 Å². The van der Waals surface area contributed by atoms with Crippen molar-refractivity contribution in [1.29, 1.82) is 0 Å². The van der Waals surface area contributed by atoms with Gasteiger partial charge >= 0.3 is 5.97 Å². The molecule has 1 unspecified atom stereocenters. The van der Waals surface area contributed by atoms with Crippen molar-refractivity contribution in [2.24, 2.45) is 10.2 Å². The second-order valence-corrected chi connectivity index (χ2v) is 8.22. The number of thioether (sulfide) groups is 1. The van der Waals surface area contributed by atoms with E-state index in [1.54, 1.807) is 13.3 Å². The van der Waals surface area contributed by atoms with E-state index in [2.05, 4.69) is 21.6 Å². The molecule has 1 amide bonds. The summed E-state index contributed by atoms with van der Waals surface area (Å²) in [7, 11) is 1.60. The number of nitrogens with zero attached hydrogens (tertiary/aromatic N) is 2. The van der Waals surface area contributed by atoms with E-state index in [0.717, 1.165) is 39.8 Å². The quantitative estimate of drug-likeness (QED) is 0.481. The Morgan fingerprint density at radius 1 is 1.23 bits per heavy atom. The molecule has 8 nitrogen and oxygen atoms in total. The molecular weight excluding hydrogens is 418 g/mol. The molecule has 1 saturated heterocycles. The van der Waals surface area contributed by atoms with Gasteiger partial charge in [0.05, 0.1) is 19.7 Å². The van der Waals surface area contributed by atoms with Crippen LogP contribution in [0.2, 0.25) is 0 Å². The number of carbonyl (C=O) groups is 2. The molecule has 1 atom stereocenters. The molecule has 2 aromatic carbocycles. The summed E-state index contributed by atoms with van der Waals surface area (Å²) in [5, 5.41) is 18.9. The average molecular weight is 442 g/mol. The molecule has 0 saturated carbocycles. The molecule has 0 spiro atoms. The average Bonchev–Trinajstić information content (AvgIpc) is 3.04. The number of ether oxygens (including phenoxy) is 2. The van der Waals surface area contributed by atoms with Crippen LogP contribution in [0, 0.1) is 13.8 Å². The molecule has 9 heteroatoms. The summed E-state index contributed by atoms with van der Waals surface area (Å²) in [4.78, 5) is 22.5. The normalized spacial score (nSPS) is 17.2. The van der Waals surface area contributed by atoms with Crippen molar-refractivity contribution in [3.63, 3.8) is 0 Å². The first kappa shape index (κ1) is 22.4. The van der Waals surface area contributed by atoms with E-state index in [1.807, 2.05) is 44.2 Å². The third-order valence-corrected chi connectivity index (χ3v) is 5.46. The molecule has 1 aliphatic rings. The Balaban J connectivity index is 1.68. The van der Waals surface area contributed by atoms with Crippen LogP contribution in [-0.4, -0.2) is 40.7 Å². The summed E-state index contributed by atoms with van der Waals surface area (Å²) in [6.07, 6.45) is 1.28. The lowest BCUT2D eigenvalue weighted by atomic mass is 10.1. The summed E-state index contributed by atoms with van der Waals surface area (Å²) in [5.41, 5.74) is 3.89. The molecule has 1 aliphatic heterocycles. The largest absolute Gasteiger partial charge is 0.496 e. The molecule has 162 valence electrons. The van der Waals surface area contributed by atoms with E-state index in [9.17, 15) is 9.59 Å². The Kier molecular flexibility index (Phi) is 7.30. The highest BCUT2D eigenvalue weighted by Gasteiger charge is 2.32. The SMILES string of the molecule is COc1ccc(C=NN=C2NC(=O)C(CC(=O)O)S2)cc1COc1cc(C)cc(C)c1. The van der Waals surface area contributed by atoms with Gasteiger partial charge in [-0.15, -0.1) is 5.10 Å². The van der Waals surface area contributed by atoms with E-state index in [1.165, 1.54) is 0 Å². The number of nitrogens with one attached hydrogen (secondary N) is 1. The lowest BCUT2D eigenvalue weighted by Crippen LogP contribution is -2.26. The van der Waals surface area contributed by atoms with Crippen LogP contribution < -0.4 is 14.8 Å². The number of benzene rings is 2. The summed E-state index contributed by atoms with van der Waals surface area (Å²) in [6.45, 7) is 4.37. The van der Waals surface area contributed by atoms with Gasteiger partial charge in [-0.2, -0.15) is 5.10 Å². The Morgan fingerprint density at radius 3 is 2.65 bits per heavy atom. The highest BCUT2D eigenvalue weighted by molar-refractivity contribution is 8.15. The van der Waals surface area contributed by atoms with Crippen LogP contribution >= 0.6 is 11.8 Å². The van der Waals surface area contributed by atoms with Crippen LogP contribution in [0.15, 0.2) is 46.6 Å². The van der Waals surface area contributed by atoms with Crippen molar-refractivity contribution in [3.8, 4) is 11.5 Å².